The minimum Gasteiger partial charge on any atom is -0.340 e. The Kier molecular flexibility index (Phi) is 2.48. The molecule has 0 aromatic carbocycles. The first-order chi connectivity index (χ1) is 7.47. The molecule has 0 bridgehead atoms. The molecule has 4 heteroatoms. The summed E-state index contributed by atoms with van der Waals surface area (Å²) in [5.41, 5.74) is -0.703. The molecule has 90 valence electrons. The summed E-state index contributed by atoms with van der Waals surface area (Å²) in [6.07, 6.45) is 3.38. The molecule has 4 nitrogen and oxygen atoms in total. The first-order valence-corrected chi connectivity index (χ1v) is 6.10. The number of hydrogen-bond donors (Lipinski definition) is 1. The van der Waals surface area contributed by atoms with Gasteiger partial charge in [0.15, 0.2) is 0 Å². The lowest BCUT2D eigenvalue weighted by molar-refractivity contribution is -0.153. The van der Waals surface area contributed by atoms with Crippen molar-refractivity contribution in [1.82, 2.24) is 10.2 Å². The van der Waals surface area contributed by atoms with Gasteiger partial charge in [0.1, 0.15) is 12.1 Å². The highest BCUT2D eigenvalue weighted by Gasteiger charge is 2.53. The Morgan fingerprint density at radius 2 is 1.81 bits per heavy atom. The molecule has 0 unspecified atom stereocenters. The van der Waals surface area contributed by atoms with Crippen LogP contribution in [-0.2, 0) is 9.59 Å². The van der Waals surface area contributed by atoms with E-state index >= 15 is 0 Å². The number of carbonyl (C=O) groups is 2. The molecular formula is C12H20N2O2. The van der Waals surface area contributed by atoms with Gasteiger partial charge in [0.2, 0.25) is 11.8 Å². The van der Waals surface area contributed by atoms with Crippen molar-refractivity contribution in [2.75, 3.05) is 6.54 Å². The Morgan fingerprint density at radius 1 is 1.25 bits per heavy atom. The summed E-state index contributed by atoms with van der Waals surface area (Å²) in [6, 6.07) is 0. The second-order valence-corrected chi connectivity index (χ2v) is 5.23. The molecule has 0 radical (unpaired) electrons. The normalized spacial score (nSPS) is 26.6. The molecule has 0 aromatic heterocycles. The molecule has 1 aliphatic carbocycles. The van der Waals surface area contributed by atoms with Gasteiger partial charge in [0, 0.05) is 5.54 Å². The molecule has 0 atom stereocenters. The average molecular weight is 224 g/mol. The molecule has 2 amide bonds. The van der Waals surface area contributed by atoms with E-state index in [9.17, 15) is 9.59 Å². The first kappa shape index (κ1) is 11.4. The van der Waals surface area contributed by atoms with E-state index in [0.717, 1.165) is 12.8 Å². The Morgan fingerprint density at radius 3 is 2.25 bits per heavy atom. The quantitative estimate of drug-likeness (QED) is 0.779. The second-order valence-electron chi connectivity index (χ2n) is 5.23. The zero-order chi connectivity index (χ0) is 12.0. The zero-order valence-electron chi connectivity index (χ0n) is 10.3. The van der Waals surface area contributed by atoms with E-state index < -0.39 is 5.54 Å². The third kappa shape index (κ3) is 1.51. The molecule has 1 saturated carbocycles. The maximum absolute atomic E-state index is 12.5. The van der Waals surface area contributed by atoms with Gasteiger partial charge in [0.05, 0.1) is 0 Å². The number of piperazine rings is 1. The minimum atomic E-state index is -0.652. The smallest absolute Gasteiger partial charge is 0.249 e. The van der Waals surface area contributed by atoms with Crippen molar-refractivity contribution in [2.45, 2.75) is 57.5 Å². The molecule has 0 aromatic rings. The van der Waals surface area contributed by atoms with E-state index in [2.05, 4.69) is 12.2 Å². The fourth-order valence-corrected chi connectivity index (χ4v) is 2.45. The highest BCUT2D eigenvalue weighted by Crippen LogP contribution is 2.43. The first-order valence-electron chi connectivity index (χ1n) is 6.10. The van der Waals surface area contributed by atoms with Crippen LogP contribution in [0.15, 0.2) is 0 Å². The zero-order valence-corrected chi connectivity index (χ0v) is 10.3. The summed E-state index contributed by atoms with van der Waals surface area (Å²) in [5, 5.41) is 2.88. The Hall–Kier alpha value is -1.06. The Bertz CT molecular complexity index is 330. The maximum Gasteiger partial charge on any atom is 0.249 e. The van der Waals surface area contributed by atoms with Crippen LogP contribution in [0, 0.1) is 0 Å². The van der Waals surface area contributed by atoms with Crippen molar-refractivity contribution in [1.29, 1.82) is 0 Å². The molecule has 16 heavy (non-hydrogen) atoms. The van der Waals surface area contributed by atoms with E-state index in [1.165, 1.54) is 0 Å². The summed E-state index contributed by atoms with van der Waals surface area (Å²) in [7, 11) is 0. The van der Waals surface area contributed by atoms with Crippen LogP contribution in [0.4, 0.5) is 0 Å². The summed E-state index contributed by atoms with van der Waals surface area (Å²) >= 11 is 0. The summed E-state index contributed by atoms with van der Waals surface area (Å²) in [6.45, 7) is 6.22. The van der Waals surface area contributed by atoms with Crippen molar-refractivity contribution in [3.63, 3.8) is 0 Å². The molecular weight excluding hydrogens is 204 g/mol. The summed E-state index contributed by atoms with van der Waals surface area (Å²) < 4.78 is 0. The summed E-state index contributed by atoms with van der Waals surface area (Å²) in [5.74, 6) is 0.0912. The lowest BCUT2D eigenvalue weighted by Gasteiger charge is -2.44. The van der Waals surface area contributed by atoms with Gasteiger partial charge in [-0.2, -0.15) is 0 Å². The van der Waals surface area contributed by atoms with Crippen molar-refractivity contribution < 1.29 is 9.59 Å². The van der Waals surface area contributed by atoms with Crippen LogP contribution in [0.3, 0.4) is 0 Å². The van der Waals surface area contributed by atoms with E-state index in [0.29, 0.717) is 12.8 Å². The highest BCUT2D eigenvalue weighted by atomic mass is 16.2. The molecule has 0 spiro atoms. The van der Waals surface area contributed by atoms with Gasteiger partial charge in [-0.15, -0.1) is 0 Å². The predicted molar refractivity (Wildman–Crippen MR) is 60.8 cm³/mol. The van der Waals surface area contributed by atoms with Crippen molar-refractivity contribution in [3.05, 3.63) is 0 Å². The maximum atomic E-state index is 12.5. The van der Waals surface area contributed by atoms with Crippen LogP contribution in [0.1, 0.15) is 46.5 Å². The Balaban J connectivity index is 2.29. The van der Waals surface area contributed by atoms with Crippen LogP contribution < -0.4 is 5.32 Å². The number of carbonyl (C=O) groups excluding carboxylic acids is 2. The van der Waals surface area contributed by atoms with Crippen molar-refractivity contribution in [3.8, 4) is 0 Å². The summed E-state index contributed by atoms with van der Waals surface area (Å²) in [4.78, 5) is 26.0. The fraction of sp³-hybridized carbons (Fsp3) is 0.833. The standard InChI is InChI=1S/C12H20N2O2/c1-4-12(5-2)10(16)14(8-9(15)13-12)11(3)6-7-11/h4-8H2,1-3H3,(H,13,15). The second kappa shape index (κ2) is 3.47. The van der Waals surface area contributed by atoms with E-state index in [1.807, 2.05) is 13.8 Å². The third-order valence-electron chi connectivity index (χ3n) is 4.17. The van der Waals surface area contributed by atoms with Crippen molar-refractivity contribution >= 4 is 11.8 Å². The molecule has 2 rings (SSSR count). The average Bonchev–Trinajstić information content (AvgIpc) is 3.00. The van der Waals surface area contributed by atoms with Gasteiger partial charge >= 0.3 is 0 Å². The van der Waals surface area contributed by atoms with Crippen LogP contribution in [-0.4, -0.2) is 34.3 Å². The van der Waals surface area contributed by atoms with Crippen LogP contribution in [0.5, 0.6) is 0 Å². The van der Waals surface area contributed by atoms with Crippen LogP contribution in [0.2, 0.25) is 0 Å². The SMILES string of the molecule is CCC1(CC)NC(=O)CN(C2(C)CC2)C1=O. The lowest BCUT2D eigenvalue weighted by atomic mass is 9.88. The fourth-order valence-electron chi connectivity index (χ4n) is 2.45. The molecule has 2 aliphatic rings. The van der Waals surface area contributed by atoms with Crippen LogP contribution in [0.25, 0.3) is 0 Å². The Labute approximate surface area is 96.4 Å². The minimum absolute atomic E-state index is 0.0172. The number of rotatable bonds is 3. The van der Waals surface area contributed by atoms with Gasteiger partial charge in [-0.1, -0.05) is 13.8 Å². The molecule has 1 heterocycles. The largest absolute Gasteiger partial charge is 0.340 e. The molecule has 1 N–H and O–H groups in total. The number of nitrogens with one attached hydrogen (secondary N) is 1. The predicted octanol–water partition coefficient (Wildman–Crippen LogP) is 1.06. The van der Waals surface area contributed by atoms with Crippen LogP contribution >= 0.6 is 0 Å². The highest BCUT2D eigenvalue weighted by molar-refractivity contribution is 5.98. The molecule has 2 fully saturated rings. The molecule has 1 aliphatic heterocycles. The monoisotopic (exact) mass is 224 g/mol. The number of hydrogen-bond acceptors (Lipinski definition) is 2. The van der Waals surface area contributed by atoms with E-state index in [1.54, 1.807) is 4.90 Å². The topological polar surface area (TPSA) is 49.4 Å². The van der Waals surface area contributed by atoms with Gasteiger partial charge in [-0.3, -0.25) is 9.59 Å². The van der Waals surface area contributed by atoms with Gasteiger partial charge in [-0.25, -0.2) is 0 Å². The van der Waals surface area contributed by atoms with Crippen molar-refractivity contribution in [2.24, 2.45) is 0 Å². The molecule has 1 saturated heterocycles. The third-order valence-corrected chi connectivity index (χ3v) is 4.17. The van der Waals surface area contributed by atoms with Gasteiger partial charge in [-0.05, 0) is 32.6 Å². The van der Waals surface area contributed by atoms with Gasteiger partial charge in [0.25, 0.3) is 0 Å². The van der Waals surface area contributed by atoms with E-state index in [4.69, 9.17) is 0 Å². The number of amides is 2. The van der Waals surface area contributed by atoms with Gasteiger partial charge < -0.3 is 10.2 Å². The lowest BCUT2D eigenvalue weighted by Crippen LogP contribution is -2.68. The number of nitrogens with zero attached hydrogens (tertiary/aromatic N) is 1. The van der Waals surface area contributed by atoms with E-state index in [-0.39, 0.29) is 23.9 Å².